The number of ether oxygens (including phenoxy) is 2. The molecule has 2 aromatic carbocycles. The highest BCUT2D eigenvalue weighted by molar-refractivity contribution is 5.87. The van der Waals surface area contributed by atoms with E-state index in [1.807, 2.05) is 104 Å². The van der Waals surface area contributed by atoms with Crippen molar-refractivity contribution >= 4 is 24.0 Å². The lowest BCUT2D eigenvalue weighted by molar-refractivity contribution is -0.138. The summed E-state index contributed by atoms with van der Waals surface area (Å²) in [6.07, 6.45) is 3.69. The smallest absolute Gasteiger partial charge is 0.407 e. The summed E-state index contributed by atoms with van der Waals surface area (Å²) in [4.78, 5) is 70.5. The van der Waals surface area contributed by atoms with E-state index in [2.05, 4.69) is 42.4 Å². The van der Waals surface area contributed by atoms with Crippen LogP contribution in [-0.4, -0.2) is 92.1 Å². The molecule has 4 atom stereocenters. The van der Waals surface area contributed by atoms with Crippen LogP contribution >= 0.6 is 0 Å². The molecule has 58 heavy (non-hydrogen) atoms. The van der Waals surface area contributed by atoms with E-state index in [0.29, 0.717) is 11.6 Å². The Morgan fingerprint density at radius 2 is 0.966 bits per heavy atom. The molecule has 14 nitrogen and oxygen atoms in total. The Kier molecular flexibility index (Phi) is 16.1. The summed E-state index contributed by atoms with van der Waals surface area (Å²) < 4.78 is 9.51. The largest absolute Gasteiger partial charge is 0.453 e. The van der Waals surface area contributed by atoms with Crippen molar-refractivity contribution in [1.82, 2.24) is 40.4 Å². The Balaban J connectivity index is 1.41. The maximum atomic E-state index is 13.6. The zero-order valence-corrected chi connectivity index (χ0v) is 35.3. The van der Waals surface area contributed by atoms with Crippen LogP contribution in [0.5, 0.6) is 0 Å². The SMILES string of the molecule is CCC(C)N(Cc1ncc(-c2ccc(C#Cc3ccc(-c4cnc(CN(C(=O)C(NC(=O)OC)C(C)C)C(C)CC)[nH]4)cc3)cc2)[nH]1)C(=O)C(NC(=O)OC)C(C)C. The van der Waals surface area contributed by atoms with Gasteiger partial charge in [0.05, 0.1) is 51.1 Å². The number of methoxy groups -OCH3 is 2. The van der Waals surface area contributed by atoms with Crippen molar-refractivity contribution in [2.45, 2.75) is 105 Å². The lowest BCUT2D eigenvalue weighted by Crippen LogP contribution is -2.53. The van der Waals surface area contributed by atoms with Gasteiger partial charge in [0.2, 0.25) is 11.8 Å². The fraction of sp³-hybridized carbons (Fsp3) is 0.455. The van der Waals surface area contributed by atoms with Gasteiger partial charge in [-0.1, -0.05) is 77.6 Å². The molecule has 4 aromatic rings. The minimum atomic E-state index is -0.730. The Morgan fingerprint density at radius 3 is 1.26 bits per heavy atom. The lowest BCUT2D eigenvalue weighted by atomic mass is 10.0. The van der Waals surface area contributed by atoms with Crippen molar-refractivity contribution in [2.75, 3.05) is 14.2 Å². The number of hydrogen-bond acceptors (Lipinski definition) is 8. The van der Waals surface area contributed by atoms with Crippen molar-refractivity contribution in [3.63, 3.8) is 0 Å². The molecule has 0 saturated carbocycles. The van der Waals surface area contributed by atoms with E-state index in [1.165, 1.54) is 14.2 Å². The van der Waals surface area contributed by atoms with Crippen molar-refractivity contribution in [3.05, 3.63) is 83.7 Å². The van der Waals surface area contributed by atoms with Gasteiger partial charge in [-0.05, 0) is 73.9 Å². The summed E-state index contributed by atoms with van der Waals surface area (Å²) in [5.74, 6) is 7.08. The molecule has 4 N–H and O–H groups in total. The minimum Gasteiger partial charge on any atom is -0.453 e. The summed E-state index contributed by atoms with van der Waals surface area (Å²) in [5.41, 5.74) is 5.17. The molecule has 0 aliphatic heterocycles. The van der Waals surface area contributed by atoms with E-state index in [0.717, 1.165) is 46.5 Å². The molecular formula is C44H58N8O6. The maximum absolute atomic E-state index is 13.6. The Hall–Kier alpha value is -6.10. The zero-order valence-electron chi connectivity index (χ0n) is 35.3. The topological polar surface area (TPSA) is 175 Å². The normalized spacial score (nSPS) is 13.1. The minimum absolute atomic E-state index is 0.0774. The number of nitrogens with zero attached hydrogens (tertiary/aromatic N) is 4. The van der Waals surface area contributed by atoms with E-state index in [-0.39, 0.29) is 48.8 Å². The number of H-pyrrole nitrogens is 2. The van der Waals surface area contributed by atoms with Gasteiger partial charge < -0.3 is 39.9 Å². The van der Waals surface area contributed by atoms with Crippen LogP contribution in [0.15, 0.2) is 60.9 Å². The molecule has 4 rings (SSSR count). The summed E-state index contributed by atoms with van der Waals surface area (Å²) in [7, 11) is 2.56. The van der Waals surface area contributed by atoms with Crippen molar-refractivity contribution in [2.24, 2.45) is 11.8 Å². The average Bonchev–Trinajstić information content (AvgIpc) is 3.91. The van der Waals surface area contributed by atoms with Crippen LogP contribution in [0.25, 0.3) is 22.5 Å². The van der Waals surface area contributed by atoms with Gasteiger partial charge in [0.25, 0.3) is 0 Å². The predicted octanol–water partition coefficient (Wildman–Crippen LogP) is 6.88. The number of rotatable bonds is 16. The van der Waals surface area contributed by atoms with Crippen LogP contribution in [0.1, 0.15) is 91.0 Å². The molecule has 0 bridgehead atoms. The fourth-order valence-electron chi connectivity index (χ4n) is 6.21. The molecule has 0 radical (unpaired) electrons. The first kappa shape index (κ1) is 44.6. The van der Waals surface area contributed by atoms with Gasteiger partial charge in [0, 0.05) is 23.2 Å². The van der Waals surface area contributed by atoms with E-state index >= 15 is 0 Å². The Labute approximate surface area is 341 Å². The number of aromatic amines is 2. The molecule has 0 spiro atoms. The van der Waals surface area contributed by atoms with Gasteiger partial charge >= 0.3 is 12.2 Å². The summed E-state index contributed by atoms with van der Waals surface area (Å²) >= 11 is 0. The van der Waals surface area contributed by atoms with Crippen LogP contribution < -0.4 is 10.6 Å². The van der Waals surface area contributed by atoms with Gasteiger partial charge in [-0.2, -0.15) is 0 Å². The second kappa shape index (κ2) is 20.9. The molecule has 4 amide bonds. The number of aromatic nitrogens is 4. The highest BCUT2D eigenvalue weighted by Gasteiger charge is 2.33. The standard InChI is InChI=1S/C44H58N8O6/c1-11-29(7)51(41(53)39(27(3)4)49-43(55)57-9)25-37-45-23-35(47-37)33-19-15-31(16-20-33)13-14-32-17-21-34(22-18-32)36-24-46-38(48-36)26-52(30(8)12-2)42(54)40(28(5)6)50-44(56)58-10/h15-24,27-30,39-40H,11-12,25-26H2,1-10H3,(H,45,47)(H,46,48)(H,49,55)(H,50,56). The Morgan fingerprint density at radius 1 is 0.621 bits per heavy atom. The number of alkyl carbamates (subject to hydrolysis) is 2. The van der Waals surface area contributed by atoms with Gasteiger partial charge in [-0.15, -0.1) is 0 Å². The number of nitrogens with one attached hydrogen (secondary N) is 4. The van der Waals surface area contributed by atoms with Crippen LogP contribution in [0, 0.1) is 23.7 Å². The third kappa shape index (κ3) is 11.7. The second-order valence-electron chi connectivity index (χ2n) is 15.1. The third-order valence-corrected chi connectivity index (χ3v) is 10.2. The zero-order chi connectivity index (χ0) is 42.5. The number of benzene rings is 2. The highest BCUT2D eigenvalue weighted by atomic mass is 16.5. The van der Waals surface area contributed by atoms with Crippen molar-refractivity contribution < 1.29 is 28.7 Å². The van der Waals surface area contributed by atoms with Crippen LogP contribution in [0.3, 0.4) is 0 Å². The first-order valence-electron chi connectivity index (χ1n) is 19.8. The van der Waals surface area contributed by atoms with Crippen LogP contribution in [-0.2, 0) is 32.2 Å². The lowest BCUT2D eigenvalue weighted by Gasteiger charge is -2.33. The van der Waals surface area contributed by atoms with Crippen LogP contribution in [0.4, 0.5) is 9.59 Å². The predicted molar refractivity (Wildman–Crippen MR) is 223 cm³/mol. The van der Waals surface area contributed by atoms with Crippen molar-refractivity contribution in [1.29, 1.82) is 0 Å². The van der Waals surface area contributed by atoms with Gasteiger partial charge in [-0.3, -0.25) is 9.59 Å². The van der Waals surface area contributed by atoms with E-state index in [1.54, 1.807) is 22.2 Å². The number of imidazole rings is 2. The molecule has 0 aliphatic carbocycles. The molecule has 310 valence electrons. The van der Waals surface area contributed by atoms with Gasteiger partial charge in [0.15, 0.2) is 0 Å². The monoisotopic (exact) mass is 794 g/mol. The average molecular weight is 795 g/mol. The first-order chi connectivity index (χ1) is 27.7. The maximum Gasteiger partial charge on any atom is 0.407 e. The van der Waals surface area contributed by atoms with Gasteiger partial charge in [0.1, 0.15) is 23.7 Å². The quantitative estimate of drug-likeness (QED) is 0.0888. The van der Waals surface area contributed by atoms with Gasteiger partial charge in [-0.25, -0.2) is 19.6 Å². The number of amides is 4. The summed E-state index contributed by atoms with van der Waals surface area (Å²) in [6, 6.07) is 14.1. The molecule has 0 aliphatic rings. The molecule has 2 heterocycles. The molecule has 0 fully saturated rings. The van der Waals surface area contributed by atoms with Crippen molar-refractivity contribution in [3.8, 4) is 34.4 Å². The number of carbonyl (C=O) groups is 4. The first-order valence-corrected chi connectivity index (χ1v) is 19.8. The molecular weight excluding hydrogens is 737 g/mol. The third-order valence-electron chi connectivity index (χ3n) is 10.2. The fourth-order valence-corrected chi connectivity index (χ4v) is 6.21. The van der Waals surface area contributed by atoms with E-state index < -0.39 is 24.3 Å². The molecule has 4 unspecified atom stereocenters. The number of carbonyl (C=O) groups excluding carboxylic acids is 4. The molecule has 0 saturated heterocycles. The highest BCUT2D eigenvalue weighted by Crippen LogP contribution is 2.22. The number of hydrogen-bond donors (Lipinski definition) is 4. The second-order valence-corrected chi connectivity index (χ2v) is 15.1. The molecule has 2 aromatic heterocycles. The molecule has 14 heteroatoms. The summed E-state index contributed by atoms with van der Waals surface area (Å²) in [6.45, 7) is 16.0. The Bertz CT molecular complexity index is 1900. The van der Waals surface area contributed by atoms with E-state index in [4.69, 9.17) is 9.47 Å². The summed E-state index contributed by atoms with van der Waals surface area (Å²) in [5, 5.41) is 5.36. The van der Waals surface area contributed by atoms with E-state index in [9.17, 15) is 19.2 Å². The van der Waals surface area contributed by atoms with Crippen LogP contribution in [0.2, 0.25) is 0 Å².